The molecule has 1 aliphatic rings. The highest BCUT2D eigenvalue weighted by molar-refractivity contribution is 5.97. The van der Waals surface area contributed by atoms with Gasteiger partial charge in [0.15, 0.2) is 11.5 Å². The van der Waals surface area contributed by atoms with Gasteiger partial charge in [0.25, 0.3) is 5.91 Å². The highest BCUT2D eigenvalue weighted by Gasteiger charge is 2.29. The third-order valence-corrected chi connectivity index (χ3v) is 5.33. The maximum atomic E-state index is 14.6. The van der Waals surface area contributed by atoms with Gasteiger partial charge >= 0.3 is 6.18 Å². The number of piperidine rings is 1. The monoisotopic (exact) mass is 479 g/mol. The largest absolute Gasteiger partial charge is 0.408 e. The summed E-state index contributed by atoms with van der Waals surface area (Å²) in [7, 11) is 0. The molecule has 13 heteroatoms. The van der Waals surface area contributed by atoms with Crippen molar-refractivity contribution in [3.8, 4) is 22.4 Å². The summed E-state index contributed by atoms with van der Waals surface area (Å²) in [6.07, 6.45) is -1.09. The first-order chi connectivity index (χ1) is 16.1. The van der Waals surface area contributed by atoms with Crippen molar-refractivity contribution in [3.05, 3.63) is 48.3 Å². The molecule has 0 saturated carbocycles. The lowest BCUT2D eigenvalue weighted by molar-refractivity contribution is -0.142. The summed E-state index contributed by atoms with van der Waals surface area (Å²) >= 11 is 0. The van der Waals surface area contributed by atoms with Crippen LogP contribution in [0.3, 0.4) is 0 Å². The molecule has 4 rings (SSSR count). The summed E-state index contributed by atoms with van der Waals surface area (Å²) in [4.78, 5) is 20.8. The number of hydrogen-bond acceptors (Lipinski definition) is 7. The van der Waals surface area contributed by atoms with Crippen molar-refractivity contribution in [2.24, 2.45) is 0 Å². The van der Waals surface area contributed by atoms with Crippen molar-refractivity contribution in [1.82, 2.24) is 30.4 Å². The zero-order chi connectivity index (χ0) is 24.5. The molecule has 3 aromatic rings. The van der Waals surface area contributed by atoms with E-state index in [1.807, 2.05) is 0 Å². The van der Waals surface area contributed by atoms with E-state index in [4.69, 9.17) is 5.73 Å². The van der Waals surface area contributed by atoms with Gasteiger partial charge in [-0.25, -0.2) is 14.4 Å². The number of alkyl halides is 3. The quantitative estimate of drug-likeness (QED) is 0.410. The van der Waals surface area contributed by atoms with E-state index in [1.165, 1.54) is 30.7 Å². The molecule has 1 amide bonds. The molecule has 0 radical (unpaired) electrons. The minimum Gasteiger partial charge on any atom is -0.391 e. The molecule has 0 bridgehead atoms. The molecule has 0 aliphatic carbocycles. The Hall–Kier alpha value is -3.58. The van der Waals surface area contributed by atoms with Crippen LogP contribution in [0.25, 0.3) is 22.4 Å². The van der Waals surface area contributed by atoms with Gasteiger partial charge in [-0.3, -0.25) is 9.48 Å². The molecule has 0 spiro atoms. The van der Waals surface area contributed by atoms with Crippen LogP contribution in [0, 0.1) is 5.82 Å². The van der Waals surface area contributed by atoms with Crippen LogP contribution in [0.15, 0.2) is 36.8 Å². The second-order valence-corrected chi connectivity index (χ2v) is 7.87. The average Bonchev–Trinajstić information content (AvgIpc) is 3.23. The Balaban J connectivity index is 1.61. The molecule has 2 aromatic heterocycles. The van der Waals surface area contributed by atoms with E-state index in [0.29, 0.717) is 30.6 Å². The Labute approximate surface area is 191 Å². The Morgan fingerprint density at radius 2 is 2.09 bits per heavy atom. The smallest absolute Gasteiger partial charge is 0.391 e. The summed E-state index contributed by atoms with van der Waals surface area (Å²) in [6.45, 7) is -0.275. The summed E-state index contributed by atoms with van der Waals surface area (Å²) in [5.41, 5.74) is 6.28. The van der Waals surface area contributed by atoms with E-state index in [9.17, 15) is 27.5 Å². The first-order valence-electron chi connectivity index (χ1n) is 10.3. The number of aliphatic hydroxyl groups is 1. The van der Waals surface area contributed by atoms with Crippen LogP contribution in [0.4, 0.5) is 23.4 Å². The molecular formula is C21H21F4N7O2. The molecule has 3 heterocycles. The van der Waals surface area contributed by atoms with Crippen LogP contribution in [-0.2, 0) is 6.54 Å². The van der Waals surface area contributed by atoms with Crippen molar-refractivity contribution in [1.29, 1.82) is 0 Å². The van der Waals surface area contributed by atoms with Gasteiger partial charge in [-0.15, -0.1) is 0 Å². The molecule has 9 nitrogen and oxygen atoms in total. The Morgan fingerprint density at radius 3 is 2.82 bits per heavy atom. The normalized spacial score (nSPS) is 18.6. The number of aliphatic hydroxyl groups excluding tert-OH is 1. The zero-order valence-corrected chi connectivity index (χ0v) is 17.7. The van der Waals surface area contributed by atoms with E-state index in [2.05, 4.69) is 25.7 Å². The lowest BCUT2D eigenvalue weighted by Gasteiger charge is -2.29. The molecule has 180 valence electrons. The van der Waals surface area contributed by atoms with Gasteiger partial charge in [-0.1, -0.05) is 6.07 Å². The van der Waals surface area contributed by atoms with Gasteiger partial charge in [-0.05, 0) is 30.7 Å². The molecule has 1 aliphatic heterocycles. The predicted octanol–water partition coefficient (Wildman–Crippen LogP) is 1.74. The van der Waals surface area contributed by atoms with E-state index in [1.54, 1.807) is 0 Å². The Morgan fingerprint density at radius 1 is 1.29 bits per heavy atom. The van der Waals surface area contributed by atoms with Gasteiger partial charge in [0.05, 0.1) is 30.2 Å². The molecular weight excluding hydrogens is 458 g/mol. The molecule has 1 saturated heterocycles. The Kier molecular flexibility index (Phi) is 6.48. The van der Waals surface area contributed by atoms with Gasteiger partial charge in [0.1, 0.15) is 12.4 Å². The lowest BCUT2D eigenvalue weighted by atomic mass is 10.0. The fourth-order valence-electron chi connectivity index (χ4n) is 3.61. The number of carbonyl (C=O) groups is 1. The number of rotatable bonds is 5. The number of carbonyl (C=O) groups excluding carboxylic acids is 1. The van der Waals surface area contributed by atoms with E-state index >= 15 is 0 Å². The van der Waals surface area contributed by atoms with E-state index in [0.717, 1.165) is 10.7 Å². The summed E-state index contributed by atoms with van der Waals surface area (Å²) in [6, 6.07) is 3.34. The lowest BCUT2D eigenvalue weighted by Crippen LogP contribution is -2.53. The van der Waals surface area contributed by atoms with Gasteiger partial charge in [0.2, 0.25) is 0 Å². The van der Waals surface area contributed by atoms with Crippen LogP contribution in [0.1, 0.15) is 16.9 Å². The number of nitrogens with zero attached hydrogens (tertiary/aromatic N) is 4. The number of hydrogen-bond donors (Lipinski definition) is 4. The highest BCUT2D eigenvalue weighted by Crippen LogP contribution is 2.29. The van der Waals surface area contributed by atoms with E-state index in [-0.39, 0.29) is 22.8 Å². The first-order valence-corrected chi connectivity index (χ1v) is 10.3. The second-order valence-electron chi connectivity index (χ2n) is 7.87. The fourth-order valence-corrected chi connectivity index (χ4v) is 3.61. The minimum atomic E-state index is -4.43. The van der Waals surface area contributed by atoms with Crippen LogP contribution in [-0.4, -0.2) is 62.2 Å². The van der Waals surface area contributed by atoms with Crippen LogP contribution in [0.5, 0.6) is 0 Å². The molecule has 34 heavy (non-hydrogen) atoms. The molecule has 1 unspecified atom stereocenters. The second kappa shape index (κ2) is 9.35. The standard InChI is InChI=1S/C21H21F4N7O2/c22-14-2-1-11(12-6-29-32(9-12)10-21(23,24)25)5-13(14)15-8-28-19(26)18(30-15)20(34)31-16-7-27-4-3-17(16)33/h1-2,5-6,8-9,16-17,27,33H,3-4,7,10H2,(H2,26,28)(H,31,34)/t16?,17-/m1/s1. The number of amides is 1. The van der Waals surface area contributed by atoms with Crippen molar-refractivity contribution >= 4 is 11.7 Å². The van der Waals surface area contributed by atoms with Crippen molar-refractivity contribution in [2.75, 3.05) is 18.8 Å². The topological polar surface area (TPSA) is 131 Å². The maximum absolute atomic E-state index is 14.6. The Bertz CT molecular complexity index is 1200. The first kappa shape index (κ1) is 23.6. The zero-order valence-electron chi connectivity index (χ0n) is 17.7. The van der Waals surface area contributed by atoms with Gasteiger partial charge in [-0.2, -0.15) is 18.3 Å². The van der Waals surface area contributed by atoms with Crippen molar-refractivity contribution < 1.29 is 27.5 Å². The summed E-state index contributed by atoms with van der Waals surface area (Å²) < 4.78 is 53.2. The molecule has 1 fully saturated rings. The fraction of sp³-hybridized carbons (Fsp3) is 0.333. The summed E-state index contributed by atoms with van der Waals surface area (Å²) in [5, 5.41) is 19.5. The third-order valence-electron chi connectivity index (χ3n) is 5.33. The number of nitrogens with two attached hydrogens (primary N) is 1. The highest BCUT2D eigenvalue weighted by atomic mass is 19.4. The number of halogens is 4. The summed E-state index contributed by atoms with van der Waals surface area (Å²) in [5.74, 6) is -1.53. The molecule has 2 atom stereocenters. The van der Waals surface area contributed by atoms with E-state index < -0.39 is 36.6 Å². The molecule has 1 aromatic carbocycles. The minimum absolute atomic E-state index is 0.00343. The SMILES string of the molecule is Nc1ncc(-c2cc(-c3cnn(CC(F)(F)F)c3)ccc2F)nc1C(=O)NC1CNCC[C@H]1O. The number of nitrogens with one attached hydrogen (secondary N) is 2. The van der Waals surface area contributed by atoms with Gasteiger partial charge in [0, 0.05) is 23.9 Å². The predicted molar refractivity (Wildman–Crippen MR) is 114 cm³/mol. The third kappa shape index (κ3) is 5.31. The van der Waals surface area contributed by atoms with Crippen LogP contribution >= 0.6 is 0 Å². The number of benzene rings is 1. The molecule has 5 N–H and O–H groups in total. The number of aromatic nitrogens is 4. The number of nitrogen functional groups attached to an aromatic ring is 1. The average molecular weight is 479 g/mol. The number of anilines is 1. The van der Waals surface area contributed by atoms with Crippen LogP contribution in [0.2, 0.25) is 0 Å². The van der Waals surface area contributed by atoms with Gasteiger partial charge < -0.3 is 21.5 Å². The van der Waals surface area contributed by atoms with Crippen molar-refractivity contribution in [2.45, 2.75) is 31.3 Å². The van der Waals surface area contributed by atoms with Crippen LogP contribution < -0.4 is 16.4 Å². The van der Waals surface area contributed by atoms with Crippen molar-refractivity contribution in [3.63, 3.8) is 0 Å². The maximum Gasteiger partial charge on any atom is 0.408 e.